The summed E-state index contributed by atoms with van der Waals surface area (Å²) in [5.74, 6) is 1.59. The highest BCUT2D eigenvalue weighted by molar-refractivity contribution is 6.32. The third kappa shape index (κ3) is 3.58. The van der Waals surface area contributed by atoms with Gasteiger partial charge in [0, 0.05) is 44.7 Å². The molecule has 2 rings (SSSR count). The SMILES string of the molecule is CCCC(=O)N1CCN(c2cc(OC)c(Cl)cc2OC)CC1. The molecule has 1 saturated heterocycles. The zero-order chi connectivity index (χ0) is 16.1. The van der Waals surface area contributed by atoms with Crippen LogP contribution < -0.4 is 14.4 Å². The third-order valence-corrected chi connectivity index (χ3v) is 4.19. The molecule has 0 bridgehead atoms. The van der Waals surface area contributed by atoms with Gasteiger partial charge in [-0.2, -0.15) is 0 Å². The van der Waals surface area contributed by atoms with Crippen LogP contribution in [-0.4, -0.2) is 51.2 Å². The molecule has 1 aromatic carbocycles. The second-order valence-corrected chi connectivity index (χ2v) is 5.68. The number of hydrogen-bond acceptors (Lipinski definition) is 4. The fraction of sp³-hybridized carbons (Fsp3) is 0.562. The standard InChI is InChI=1S/C16H23ClN2O3/c1-4-5-16(20)19-8-6-18(7-9-19)13-11-14(21-2)12(17)10-15(13)22-3/h10-11H,4-9H2,1-3H3. The van der Waals surface area contributed by atoms with E-state index in [2.05, 4.69) is 4.90 Å². The minimum absolute atomic E-state index is 0.239. The summed E-state index contributed by atoms with van der Waals surface area (Å²) in [6, 6.07) is 3.66. The van der Waals surface area contributed by atoms with Gasteiger partial charge in [-0.05, 0) is 6.42 Å². The van der Waals surface area contributed by atoms with Crippen molar-refractivity contribution in [2.45, 2.75) is 19.8 Å². The Morgan fingerprint density at radius 3 is 2.32 bits per heavy atom. The average molecular weight is 327 g/mol. The van der Waals surface area contributed by atoms with E-state index in [1.165, 1.54) is 0 Å². The minimum Gasteiger partial charge on any atom is -0.495 e. The first-order valence-electron chi connectivity index (χ1n) is 7.55. The Morgan fingerprint density at radius 1 is 1.14 bits per heavy atom. The Labute approximate surface area is 136 Å². The number of methoxy groups -OCH3 is 2. The van der Waals surface area contributed by atoms with Crippen LogP contribution in [0.15, 0.2) is 12.1 Å². The summed E-state index contributed by atoms with van der Waals surface area (Å²) in [5.41, 5.74) is 0.950. The van der Waals surface area contributed by atoms with Crippen LogP contribution in [0.3, 0.4) is 0 Å². The van der Waals surface area contributed by atoms with Crippen molar-refractivity contribution in [2.24, 2.45) is 0 Å². The Morgan fingerprint density at radius 2 is 1.77 bits per heavy atom. The van der Waals surface area contributed by atoms with Crippen LogP contribution in [0.4, 0.5) is 5.69 Å². The van der Waals surface area contributed by atoms with Crippen molar-refractivity contribution in [1.29, 1.82) is 0 Å². The number of rotatable bonds is 5. The quantitative estimate of drug-likeness (QED) is 0.834. The van der Waals surface area contributed by atoms with Crippen molar-refractivity contribution >= 4 is 23.2 Å². The molecular weight excluding hydrogens is 304 g/mol. The summed E-state index contributed by atoms with van der Waals surface area (Å²) in [6.07, 6.45) is 1.51. The number of carbonyl (C=O) groups excluding carboxylic acids is 1. The molecule has 0 radical (unpaired) electrons. The molecule has 1 aromatic rings. The smallest absolute Gasteiger partial charge is 0.222 e. The highest BCUT2D eigenvalue weighted by atomic mass is 35.5. The van der Waals surface area contributed by atoms with E-state index < -0.39 is 0 Å². The van der Waals surface area contributed by atoms with Crippen LogP contribution in [0.25, 0.3) is 0 Å². The summed E-state index contributed by atoms with van der Waals surface area (Å²) in [6.45, 7) is 5.03. The Bertz CT molecular complexity index is 528. The van der Waals surface area contributed by atoms with E-state index in [0.29, 0.717) is 17.2 Å². The van der Waals surface area contributed by atoms with Gasteiger partial charge in [-0.25, -0.2) is 0 Å². The second-order valence-electron chi connectivity index (χ2n) is 5.28. The molecule has 5 nitrogen and oxygen atoms in total. The zero-order valence-electron chi connectivity index (χ0n) is 13.4. The monoisotopic (exact) mass is 326 g/mol. The van der Waals surface area contributed by atoms with Crippen molar-refractivity contribution in [3.8, 4) is 11.5 Å². The van der Waals surface area contributed by atoms with E-state index in [4.69, 9.17) is 21.1 Å². The second kappa shape index (κ2) is 7.58. The van der Waals surface area contributed by atoms with Gasteiger partial charge in [-0.1, -0.05) is 18.5 Å². The molecule has 6 heteroatoms. The van der Waals surface area contributed by atoms with Crippen LogP contribution in [0, 0.1) is 0 Å². The third-order valence-electron chi connectivity index (χ3n) is 3.89. The van der Waals surface area contributed by atoms with Gasteiger partial charge in [-0.3, -0.25) is 4.79 Å². The van der Waals surface area contributed by atoms with Gasteiger partial charge in [0.1, 0.15) is 11.5 Å². The van der Waals surface area contributed by atoms with Crippen LogP contribution in [0.2, 0.25) is 5.02 Å². The van der Waals surface area contributed by atoms with Crippen molar-refractivity contribution < 1.29 is 14.3 Å². The largest absolute Gasteiger partial charge is 0.495 e. The molecule has 0 atom stereocenters. The summed E-state index contributed by atoms with van der Waals surface area (Å²) in [5, 5.41) is 0.528. The van der Waals surface area contributed by atoms with Crippen molar-refractivity contribution in [3.63, 3.8) is 0 Å². The number of halogens is 1. The summed E-state index contributed by atoms with van der Waals surface area (Å²) >= 11 is 6.14. The zero-order valence-corrected chi connectivity index (χ0v) is 14.2. The number of anilines is 1. The van der Waals surface area contributed by atoms with E-state index in [-0.39, 0.29) is 5.91 Å². The predicted octanol–water partition coefficient (Wildman–Crippen LogP) is 2.81. The van der Waals surface area contributed by atoms with E-state index in [1.54, 1.807) is 20.3 Å². The molecule has 1 aliphatic rings. The number of nitrogens with zero attached hydrogens (tertiary/aromatic N) is 2. The Hall–Kier alpha value is -1.62. The first-order valence-corrected chi connectivity index (χ1v) is 7.92. The molecular formula is C16H23ClN2O3. The van der Waals surface area contributed by atoms with Gasteiger partial charge < -0.3 is 19.3 Å². The highest BCUT2D eigenvalue weighted by Crippen LogP contribution is 2.38. The van der Waals surface area contributed by atoms with E-state index in [1.807, 2.05) is 17.9 Å². The molecule has 0 spiro atoms. The number of hydrogen-bond donors (Lipinski definition) is 0. The molecule has 1 fully saturated rings. The van der Waals surface area contributed by atoms with Crippen LogP contribution in [0.5, 0.6) is 11.5 Å². The molecule has 0 aliphatic carbocycles. The van der Waals surface area contributed by atoms with E-state index in [0.717, 1.165) is 44.0 Å². The maximum absolute atomic E-state index is 12.0. The van der Waals surface area contributed by atoms with E-state index >= 15 is 0 Å². The molecule has 122 valence electrons. The lowest BCUT2D eigenvalue weighted by Crippen LogP contribution is -2.48. The lowest BCUT2D eigenvalue weighted by Gasteiger charge is -2.36. The van der Waals surface area contributed by atoms with Gasteiger partial charge >= 0.3 is 0 Å². The number of amides is 1. The maximum Gasteiger partial charge on any atom is 0.222 e. The molecule has 0 unspecified atom stereocenters. The average Bonchev–Trinajstić information content (AvgIpc) is 2.55. The van der Waals surface area contributed by atoms with Crippen LogP contribution in [0.1, 0.15) is 19.8 Å². The van der Waals surface area contributed by atoms with Gasteiger partial charge in [0.25, 0.3) is 0 Å². The van der Waals surface area contributed by atoms with Crippen LogP contribution in [-0.2, 0) is 4.79 Å². The summed E-state index contributed by atoms with van der Waals surface area (Å²) in [4.78, 5) is 16.1. The van der Waals surface area contributed by atoms with Crippen molar-refractivity contribution in [1.82, 2.24) is 4.90 Å². The molecule has 0 aromatic heterocycles. The fourth-order valence-corrected chi connectivity index (χ4v) is 2.89. The van der Waals surface area contributed by atoms with E-state index in [9.17, 15) is 4.79 Å². The molecule has 0 N–H and O–H groups in total. The minimum atomic E-state index is 0.239. The highest BCUT2D eigenvalue weighted by Gasteiger charge is 2.23. The summed E-state index contributed by atoms with van der Waals surface area (Å²) < 4.78 is 10.7. The van der Waals surface area contributed by atoms with Crippen molar-refractivity contribution in [2.75, 3.05) is 45.3 Å². The number of piperazine rings is 1. The first kappa shape index (κ1) is 16.7. The van der Waals surface area contributed by atoms with Gasteiger partial charge in [0.15, 0.2) is 0 Å². The molecule has 0 saturated carbocycles. The van der Waals surface area contributed by atoms with Gasteiger partial charge in [0.05, 0.1) is 24.9 Å². The topological polar surface area (TPSA) is 42.0 Å². The first-order chi connectivity index (χ1) is 10.6. The van der Waals surface area contributed by atoms with Gasteiger partial charge in [0.2, 0.25) is 5.91 Å². The number of carbonyl (C=O) groups is 1. The lowest BCUT2D eigenvalue weighted by atomic mass is 10.2. The molecule has 22 heavy (non-hydrogen) atoms. The number of benzene rings is 1. The predicted molar refractivity (Wildman–Crippen MR) is 88.3 cm³/mol. The Balaban J connectivity index is 2.12. The molecule has 1 aliphatic heterocycles. The van der Waals surface area contributed by atoms with Crippen molar-refractivity contribution in [3.05, 3.63) is 17.2 Å². The van der Waals surface area contributed by atoms with Crippen LogP contribution >= 0.6 is 11.6 Å². The van der Waals surface area contributed by atoms with Gasteiger partial charge in [-0.15, -0.1) is 0 Å². The lowest BCUT2D eigenvalue weighted by molar-refractivity contribution is -0.131. The normalized spacial score (nSPS) is 14.9. The number of ether oxygens (including phenoxy) is 2. The fourth-order valence-electron chi connectivity index (χ4n) is 2.66. The summed E-state index contributed by atoms with van der Waals surface area (Å²) in [7, 11) is 3.22. The molecule has 1 amide bonds. The molecule has 1 heterocycles. The maximum atomic E-state index is 12.0. The Kier molecular flexibility index (Phi) is 5.77.